The van der Waals surface area contributed by atoms with Crippen molar-refractivity contribution in [1.29, 1.82) is 0 Å². The van der Waals surface area contributed by atoms with Gasteiger partial charge in [-0.05, 0) is 73.3 Å². The number of hydrogen-bond acceptors (Lipinski definition) is 3. The van der Waals surface area contributed by atoms with Crippen LogP contribution in [0, 0.1) is 17.3 Å². The molecule has 0 spiro atoms. The average molecular weight is 534 g/mol. The third-order valence-electron chi connectivity index (χ3n) is 7.21. The first-order chi connectivity index (χ1) is 18.5. The van der Waals surface area contributed by atoms with Crippen molar-refractivity contribution in [1.82, 2.24) is 9.80 Å². The summed E-state index contributed by atoms with van der Waals surface area (Å²) in [5, 5.41) is 2.99. The first-order valence-corrected chi connectivity index (χ1v) is 14.2. The van der Waals surface area contributed by atoms with E-state index in [-0.39, 0.29) is 17.4 Å². The van der Waals surface area contributed by atoms with Crippen LogP contribution in [-0.4, -0.2) is 55.0 Å². The molecule has 1 aliphatic rings. The molecule has 0 bridgehead atoms. The molecule has 1 N–H and O–H groups in total. The Balaban J connectivity index is 1.60. The molecule has 6 heteroatoms. The summed E-state index contributed by atoms with van der Waals surface area (Å²) in [6.45, 7) is 13.7. The summed E-state index contributed by atoms with van der Waals surface area (Å²) < 4.78 is 5.19. The monoisotopic (exact) mass is 533 g/mol. The lowest BCUT2D eigenvalue weighted by Gasteiger charge is -2.35. The van der Waals surface area contributed by atoms with Crippen LogP contribution < -0.4 is 10.1 Å². The number of nitrogens with zero attached hydrogens (tertiary/aromatic N) is 2. The maximum atomic E-state index is 13.5. The van der Waals surface area contributed by atoms with Crippen LogP contribution in [0.15, 0.2) is 60.2 Å². The number of piperidine rings is 1. The highest BCUT2D eigenvalue weighted by Crippen LogP contribution is 2.27. The van der Waals surface area contributed by atoms with Gasteiger partial charge in [-0.15, -0.1) is 0 Å². The van der Waals surface area contributed by atoms with Crippen molar-refractivity contribution in [3.05, 3.63) is 65.7 Å². The number of carbonyl (C=O) groups excluding carboxylic acids is 2. The van der Waals surface area contributed by atoms with Crippen LogP contribution in [0.2, 0.25) is 0 Å². The van der Waals surface area contributed by atoms with Gasteiger partial charge in [0.25, 0.3) is 0 Å². The van der Waals surface area contributed by atoms with Gasteiger partial charge in [-0.2, -0.15) is 0 Å². The van der Waals surface area contributed by atoms with E-state index in [1.165, 1.54) is 5.57 Å². The molecule has 0 aromatic heterocycles. The van der Waals surface area contributed by atoms with Gasteiger partial charge in [0.2, 0.25) is 5.91 Å². The Bertz CT molecular complexity index is 1080. The zero-order chi connectivity index (χ0) is 28.4. The van der Waals surface area contributed by atoms with Gasteiger partial charge in [0.15, 0.2) is 0 Å². The van der Waals surface area contributed by atoms with E-state index in [1.807, 2.05) is 47.4 Å². The molecule has 1 fully saturated rings. The summed E-state index contributed by atoms with van der Waals surface area (Å²) in [5.74, 6) is 1.70. The van der Waals surface area contributed by atoms with E-state index in [9.17, 15) is 9.59 Å². The lowest BCUT2D eigenvalue weighted by atomic mass is 9.84. The third kappa shape index (κ3) is 10.4. The fraction of sp³-hybridized carbons (Fsp3) is 0.515. The standard InChI is InChI=1S/C33H47N3O3/c1-25(22-33(3,4)5)21-31(37)36(23-26(2)20-27-10-8-7-9-11-27)24-28-16-18-35(19-17-28)32(38)34-29-12-14-30(39-6)15-13-29/h7-15,20,25,28H,16-19,21-24H2,1-6H3,(H,34,38)/b26-20+/t25-/m1/s1. The Morgan fingerprint density at radius 1 is 1.08 bits per heavy atom. The predicted octanol–water partition coefficient (Wildman–Crippen LogP) is 7.33. The second-order valence-electron chi connectivity index (χ2n) is 12.3. The van der Waals surface area contributed by atoms with Crippen LogP contribution in [0.1, 0.15) is 65.9 Å². The van der Waals surface area contributed by atoms with E-state index in [1.54, 1.807) is 7.11 Å². The number of urea groups is 1. The maximum Gasteiger partial charge on any atom is 0.321 e. The highest BCUT2D eigenvalue weighted by Gasteiger charge is 2.27. The van der Waals surface area contributed by atoms with Gasteiger partial charge in [0.1, 0.15) is 5.75 Å². The van der Waals surface area contributed by atoms with E-state index in [4.69, 9.17) is 4.74 Å². The minimum absolute atomic E-state index is 0.0795. The molecule has 0 aliphatic carbocycles. The number of anilines is 1. The van der Waals surface area contributed by atoms with E-state index < -0.39 is 0 Å². The summed E-state index contributed by atoms with van der Waals surface area (Å²) in [4.78, 5) is 30.3. The molecule has 0 radical (unpaired) electrons. The first-order valence-electron chi connectivity index (χ1n) is 14.2. The molecule has 1 heterocycles. The number of methoxy groups -OCH3 is 1. The van der Waals surface area contributed by atoms with Crippen molar-refractivity contribution >= 4 is 23.7 Å². The number of benzene rings is 2. The molecular weight excluding hydrogens is 486 g/mol. The number of rotatable bonds is 10. The van der Waals surface area contributed by atoms with Gasteiger partial charge in [-0.3, -0.25) is 4.79 Å². The highest BCUT2D eigenvalue weighted by atomic mass is 16.5. The molecule has 3 amide bonds. The van der Waals surface area contributed by atoms with Crippen molar-refractivity contribution in [2.24, 2.45) is 17.3 Å². The molecule has 0 saturated carbocycles. The topological polar surface area (TPSA) is 61.9 Å². The highest BCUT2D eigenvalue weighted by molar-refractivity contribution is 5.89. The van der Waals surface area contributed by atoms with Crippen LogP contribution >= 0.6 is 0 Å². The van der Waals surface area contributed by atoms with Gasteiger partial charge in [0.05, 0.1) is 7.11 Å². The van der Waals surface area contributed by atoms with Crippen LogP contribution in [0.4, 0.5) is 10.5 Å². The molecule has 1 aliphatic heterocycles. The molecule has 6 nitrogen and oxygen atoms in total. The summed E-state index contributed by atoms with van der Waals surface area (Å²) in [6, 6.07) is 17.6. The van der Waals surface area contributed by atoms with Gasteiger partial charge in [0, 0.05) is 38.3 Å². The number of ether oxygens (including phenoxy) is 1. The quantitative estimate of drug-likeness (QED) is 0.348. The van der Waals surface area contributed by atoms with Crippen molar-refractivity contribution in [3.8, 4) is 5.75 Å². The Morgan fingerprint density at radius 2 is 1.72 bits per heavy atom. The number of likely N-dealkylation sites (tertiary alicyclic amines) is 1. The fourth-order valence-electron chi connectivity index (χ4n) is 5.49. The lowest BCUT2D eigenvalue weighted by molar-refractivity contribution is -0.132. The van der Waals surface area contributed by atoms with Crippen LogP contribution in [0.5, 0.6) is 5.75 Å². The van der Waals surface area contributed by atoms with E-state index in [0.29, 0.717) is 37.9 Å². The van der Waals surface area contributed by atoms with Gasteiger partial charge in [-0.1, -0.05) is 69.7 Å². The molecule has 39 heavy (non-hydrogen) atoms. The molecule has 2 aromatic carbocycles. The van der Waals surface area contributed by atoms with E-state index in [0.717, 1.165) is 42.8 Å². The van der Waals surface area contributed by atoms with Crippen LogP contribution in [0.3, 0.4) is 0 Å². The van der Waals surface area contributed by atoms with Crippen LogP contribution in [0.25, 0.3) is 6.08 Å². The van der Waals surface area contributed by atoms with Crippen molar-refractivity contribution in [2.75, 3.05) is 38.6 Å². The molecule has 1 saturated heterocycles. The Morgan fingerprint density at radius 3 is 2.31 bits per heavy atom. The molecule has 0 unspecified atom stereocenters. The van der Waals surface area contributed by atoms with E-state index >= 15 is 0 Å². The van der Waals surface area contributed by atoms with Gasteiger partial charge < -0.3 is 19.9 Å². The van der Waals surface area contributed by atoms with Gasteiger partial charge >= 0.3 is 6.03 Å². The number of nitrogens with one attached hydrogen (secondary N) is 1. The third-order valence-corrected chi connectivity index (χ3v) is 7.21. The number of carbonyl (C=O) groups is 2. The maximum absolute atomic E-state index is 13.5. The lowest BCUT2D eigenvalue weighted by Crippen LogP contribution is -2.44. The second-order valence-corrected chi connectivity index (χ2v) is 12.3. The minimum atomic E-state index is -0.0795. The van der Waals surface area contributed by atoms with Gasteiger partial charge in [-0.25, -0.2) is 4.79 Å². The molecule has 212 valence electrons. The molecular formula is C33H47N3O3. The minimum Gasteiger partial charge on any atom is -0.497 e. The van der Waals surface area contributed by atoms with Crippen molar-refractivity contribution < 1.29 is 14.3 Å². The van der Waals surface area contributed by atoms with E-state index in [2.05, 4.69) is 63.0 Å². The zero-order valence-electron chi connectivity index (χ0n) is 24.7. The zero-order valence-corrected chi connectivity index (χ0v) is 24.7. The predicted molar refractivity (Wildman–Crippen MR) is 161 cm³/mol. The number of hydrogen-bond donors (Lipinski definition) is 1. The molecule has 3 rings (SSSR count). The van der Waals surface area contributed by atoms with Crippen molar-refractivity contribution in [2.45, 2.75) is 60.3 Å². The fourth-order valence-corrected chi connectivity index (χ4v) is 5.49. The molecule has 1 atom stereocenters. The van der Waals surface area contributed by atoms with Crippen LogP contribution in [-0.2, 0) is 4.79 Å². The number of amides is 3. The largest absolute Gasteiger partial charge is 0.497 e. The Kier molecular flexibility index (Phi) is 11.0. The Labute approximate surface area is 235 Å². The second kappa shape index (κ2) is 14.2. The Hall–Kier alpha value is -3.28. The SMILES string of the molecule is COc1ccc(NC(=O)N2CCC(CN(C/C(C)=C/c3ccccc3)C(=O)C[C@@H](C)CC(C)(C)C)CC2)cc1. The summed E-state index contributed by atoms with van der Waals surface area (Å²) in [5.41, 5.74) is 3.28. The van der Waals surface area contributed by atoms with Crippen molar-refractivity contribution in [3.63, 3.8) is 0 Å². The first kappa shape index (κ1) is 30.3. The summed E-state index contributed by atoms with van der Waals surface area (Å²) >= 11 is 0. The molecule has 2 aromatic rings. The average Bonchev–Trinajstić information content (AvgIpc) is 2.88. The normalized spacial score (nSPS) is 15.5. The summed E-state index contributed by atoms with van der Waals surface area (Å²) in [6.07, 6.45) is 5.54. The summed E-state index contributed by atoms with van der Waals surface area (Å²) in [7, 11) is 1.62. The smallest absolute Gasteiger partial charge is 0.321 e.